The molecule has 2 heterocycles. The van der Waals surface area contributed by atoms with Gasteiger partial charge in [-0.15, -0.1) is 0 Å². The number of benzene rings is 1. The maximum Gasteiger partial charge on any atom is 0.139 e. The molecule has 2 aliphatic heterocycles. The van der Waals surface area contributed by atoms with Crippen LogP contribution in [0.1, 0.15) is 32.1 Å². The van der Waals surface area contributed by atoms with E-state index < -0.39 is 0 Å². The lowest BCUT2D eigenvalue weighted by Crippen LogP contribution is -2.56. The summed E-state index contributed by atoms with van der Waals surface area (Å²) >= 11 is 6.15. The lowest BCUT2D eigenvalue weighted by molar-refractivity contribution is 0.252. The number of anilines is 1. The van der Waals surface area contributed by atoms with Gasteiger partial charge in [0.15, 0.2) is 0 Å². The standard InChI is InChI=1S/C16H23ClN2O/c1-18-11-8-12-4-3-5-13(9-11)19(12)14-6-7-15(17)16(10-14)20-2/h6-7,10-13,18H,3-5,8-9H2,1-2H3. The maximum atomic E-state index is 6.15. The van der Waals surface area contributed by atoms with Crippen LogP contribution < -0.4 is 15.0 Å². The third kappa shape index (κ3) is 2.49. The second kappa shape index (κ2) is 5.82. The minimum atomic E-state index is 0.644. The summed E-state index contributed by atoms with van der Waals surface area (Å²) in [6.07, 6.45) is 6.40. The van der Waals surface area contributed by atoms with Crippen molar-refractivity contribution in [3.63, 3.8) is 0 Å². The van der Waals surface area contributed by atoms with E-state index in [1.165, 1.54) is 37.8 Å². The quantitative estimate of drug-likeness (QED) is 0.924. The number of rotatable bonds is 3. The van der Waals surface area contributed by atoms with Gasteiger partial charge in [0, 0.05) is 29.9 Å². The zero-order chi connectivity index (χ0) is 14.1. The fourth-order valence-electron chi connectivity index (χ4n) is 3.85. The highest BCUT2D eigenvalue weighted by Crippen LogP contribution is 2.40. The molecule has 1 aromatic carbocycles. The molecule has 2 bridgehead atoms. The normalized spacial score (nSPS) is 29.4. The van der Waals surface area contributed by atoms with Crippen molar-refractivity contribution in [1.29, 1.82) is 0 Å². The largest absolute Gasteiger partial charge is 0.495 e. The summed E-state index contributed by atoms with van der Waals surface area (Å²) in [6, 6.07) is 8.13. The molecule has 0 aliphatic carbocycles. The monoisotopic (exact) mass is 294 g/mol. The van der Waals surface area contributed by atoms with Crippen LogP contribution in [0.5, 0.6) is 5.75 Å². The van der Waals surface area contributed by atoms with Gasteiger partial charge in [0.1, 0.15) is 5.75 Å². The van der Waals surface area contributed by atoms with Crippen molar-refractivity contribution in [3.05, 3.63) is 23.2 Å². The van der Waals surface area contributed by atoms with Crippen molar-refractivity contribution < 1.29 is 4.74 Å². The Morgan fingerprint density at radius 3 is 2.55 bits per heavy atom. The zero-order valence-corrected chi connectivity index (χ0v) is 13.0. The van der Waals surface area contributed by atoms with Crippen molar-refractivity contribution in [2.24, 2.45) is 0 Å². The summed E-state index contributed by atoms with van der Waals surface area (Å²) in [5.74, 6) is 0.776. The number of fused-ring (bicyclic) bond motifs is 2. The summed E-state index contributed by atoms with van der Waals surface area (Å²) in [6.45, 7) is 0. The topological polar surface area (TPSA) is 24.5 Å². The fraction of sp³-hybridized carbons (Fsp3) is 0.625. The molecule has 0 radical (unpaired) electrons. The van der Waals surface area contributed by atoms with E-state index >= 15 is 0 Å². The number of ether oxygens (including phenoxy) is 1. The first-order valence-corrected chi connectivity index (χ1v) is 7.90. The van der Waals surface area contributed by atoms with Crippen LogP contribution in [0.3, 0.4) is 0 Å². The van der Waals surface area contributed by atoms with Crippen LogP contribution in [0.25, 0.3) is 0 Å². The van der Waals surface area contributed by atoms with Crippen LogP contribution in [0, 0.1) is 0 Å². The summed E-state index contributed by atoms with van der Waals surface area (Å²) in [5.41, 5.74) is 1.26. The fourth-order valence-corrected chi connectivity index (χ4v) is 4.04. The number of hydrogen-bond donors (Lipinski definition) is 1. The highest BCUT2D eigenvalue weighted by Gasteiger charge is 2.37. The van der Waals surface area contributed by atoms with Crippen LogP contribution >= 0.6 is 11.6 Å². The predicted molar refractivity (Wildman–Crippen MR) is 84.0 cm³/mol. The van der Waals surface area contributed by atoms with Crippen molar-refractivity contribution in [1.82, 2.24) is 5.32 Å². The Balaban J connectivity index is 1.89. The van der Waals surface area contributed by atoms with E-state index in [9.17, 15) is 0 Å². The highest BCUT2D eigenvalue weighted by molar-refractivity contribution is 6.32. The zero-order valence-electron chi connectivity index (χ0n) is 12.2. The molecule has 2 unspecified atom stereocenters. The van der Waals surface area contributed by atoms with E-state index in [0.717, 1.165) is 5.75 Å². The van der Waals surface area contributed by atoms with Crippen LogP contribution in [-0.2, 0) is 0 Å². The van der Waals surface area contributed by atoms with E-state index in [1.807, 2.05) is 6.07 Å². The molecule has 4 heteroatoms. The molecule has 110 valence electrons. The molecule has 2 aliphatic rings. The maximum absolute atomic E-state index is 6.15. The summed E-state index contributed by atoms with van der Waals surface area (Å²) in [7, 11) is 3.76. The average molecular weight is 295 g/mol. The molecule has 2 atom stereocenters. The molecule has 2 fully saturated rings. The molecule has 0 spiro atoms. The van der Waals surface area contributed by atoms with Gasteiger partial charge >= 0.3 is 0 Å². The number of methoxy groups -OCH3 is 1. The Morgan fingerprint density at radius 2 is 1.95 bits per heavy atom. The number of nitrogens with zero attached hydrogens (tertiary/aromatic N) is 1. The van der Waals surface area contributed by atoms with Gasteiger partial charge in [-0.05, 0) is 51.3 Å². The Labute approximate surface area is 126 Å². The molecular weight excluding hydrogens is 272 g/mol. The number of hydrogen-bond acceptors (Lipinski definition) is 3. The van der Waals surface area contributed by atoms with E-state index in [1.54, 1.807) is 7.11 Å². The molecule has 0 saturated carbocycles. The van der Waals surface area contributed by atoms with Gasteiger partial charge in [-0.25, -0.2) is 0 Å². The van der Waals surface area contributed by atoms with Crippen LogP contribution in [0.4, 0.5) is 5.69 Å². The summed E-state index contributed by atoms with van der Waals surface area (Å²) < 4.78 is 5.37. The second-order valence-corrected chi connectivity index (χ2v) is 6.33. The second-order valence-electron chi connectivity index (χ2n) is 5.92. The van der Waals surface area contributed by atoms with Crippen molar-refractivity contribution >= 4 is 17.3 Å². The van der Waals surface area contributed by atoms with E-state index in [-0.39, 0.29) is 0 Å². The lowest BCUT2D eigenvalue weighted by atomic mass is 9.81. The van der Waals surface area contributed by atoms with Crippen LogP contribution in [0.2, 0.25) is 5.02 Å². The molecule has 1 N–H and O–H groups in total. The van der Waals surface area contributed by atoms with Gasteiger partial charge in [0.2, 0.25) is 0 Å². The van der Waals surface area contributed by atoms with Crippen molar-refractivity contribution in [2.75, 3.05) is 19.1 Å². The first kappa shape index (κ1) is 14.0. The molecule has 20 heavy (non-hydrogen) atoms. The Bertz CT molecular complexity index is 466. The minimum Gasteiger partial charge on any atom is -0.495 e. The average Bonchev–Trinajstić information content (AvgIpc) is 2.46. The first-order chi connectivity index (χ1) is 9.72. The van der Waals surface area contributed by atoms with E-state index in [4.69, 9.17) is 16.3 Å². The Hall–Kier alpha value is -0.930. The van der Waals surface area contributed by atoms with Crippen molar-refractivity contribution in [3.8, 4) is 5.75 Å². The smallest absolute Gasteiger partial charge is 0.139 e. The van der Waals surface area contributed by atoms with Gasteiger partial charge in [-0.2, -0.15) is 0 Å². The predicted octanol–water partition coefficient (Wildman–Crippen LogP) is 3.46. The van der Waals surface area contributed by atoms with Crippen molar-refractivity contribution in [2.45, 2.75) is 50.2 Å². The summed E-state index contributed by atoms with van der Waals surface area (Å²) in [4.78, 5) is 2.61. The molecule has 3 nitrogen and oxygen atoms in total. The van der Waals surface area contributed by atoms with E-state index in [2.05, 4.69) is 29.4 Å². The van der Waals surface area contributed by atoms with Crippen LogP contribution in [-0.4, -0.2) is 32.3 Å². The molecule has 2 saturated heterocycles. The number of halogens is 1. The van der Waals surface area contributed by atoms with E-state index in [0.29, 0.717) is 23.1 Å². The Kier molecular flexibility index (Phi) is 4.08. The Morgan fingerprint density at radius 1 is 1.25 bits per heavy atom. The molecular formula is C16H23ClN2O. The third-order valence-corrected chi connectivity index (χ3v) is 5.13. The van der Waals surface area contributed by atoms with Gasteiger partial charge in [-0.3, -0.25) is 0 Å². The molecule has 0 amide bonds. The van der Waals surface area contributed by atoms with Gasteiger partial charge < -0.3 is 15.0 Å². The molecule has 0 aromatic heterocycles. The minimum absolute atomic E-state index is 0.644. The van der Waals surface area contributed by atoms with Gasteiger partial charge in [-0.1, -0.05) is 11.6 Å². The first-order valence-electron chi connectivity index (χ1n) is 7.52. The number of piperidine rings is 2. The highest BCUT2D eigenvalue weighted by atomic mass is 35.5. The van der Waals surface area contributed by atoms with Gasteiger partial charge in [0.25, 0.3) is 0 Å². The lowest BCUT2D eigenvalue weighted by Gasteiger charge is -2.50. The molecule has 3 rings (SSSR count). The SMILES string of the molecule is CNC1CC2CCCC(C1)N2c1ccc(Cl)c(OC)c1. The molecule has 1 aromatic rings. The number of nitrogens with one attached hydrogen (secondary N) is 1. The third-order valence-electron chi connectivity index (χ3n) is 4.82. The van der Waals surface area contributed by atoms with Gasteiger partial charge in [0.05, 0.1) is 12.1 Å². The van der Waals surface area contributed by atoms with Crippen LogP contribution in [0.15, 0.2) is 18.2 Å². The summed E-state index contributed by atoms with van der Waals surface area (Å²) in [5, 5.41) is 4.15.